The third kappa shape index (κ3) is 6.57. The number of unbranched alkanes of at least 4 members (excludes halogenated alkanes) is 1. The van der Waals surface area contributed by atoms with Gasteiger partial charge in [0.15, 0.2) is 0 Å². The summed E-state index contributed by atoms with van der Waals surface area (Å²) in [4.78, 5) is 0. The van der Waals surface area contributed by atoms with Crippen molar-refractivity contribution in [2.24, 2.45) is 17.8 Å². The van der Waals surface area contributed by atoms with Crippen molar-refractivity contribution < 1.29 is 8.78 Å². The predicted molar refractivity (Wildman–Crippen MR) is 110 cm³/mol. The lowest BCUT2D eigenvalue weighted by Crippen LogP contribution is -2.15. The van der Waals surface area contributed by atoms with Crippen LogP contribution in [0.1, 0.15) is 108 Å². The fourth-order valence-electron chi connectivity index (χ4n) is 5.68. The third-order valence-corrected chi connectivity index (χ3v) is 7.34. The molecule has 152 valence electrons. The van der Waals surface area contributed by atoms with Gasteiger partial charge in [-0.1, -0.05) is 71.1 Å². The molecule has 0 aliphatic heterocycles. The molecule has 2 aliphatic rings. The summed E-state index contributed by atoms with van der Waals surface area (Å²) in [6.45, 7) is 2.32. The van der Waals surface area contributed by atoms with E-state index < -0.39 is 11.6 Å². The average molecular weight is 377 g/mol. The number of rotatable bonds is 8. The highest BCUT2D eigenvalue weighted by Crippen LogP contribution is 2.39. The lowest BCUT2D eigenvalue weighted by Gasteiger charge is -2.30. The van der Waals surface area contributed by atoms with E-state index in [2.05, 4.69) is 6.92 Å². The van der Waals surface area contributed by atoms with E-state index in [0.717, 1.165) is 42.2 Å². The van der Waals surface area contributed by atoms with Crippen molar-refractivity contribution in [3.8, 4) is 0 Å². The maximum Gasteiger partial charge on any atom is 0.126 e. The molecule has 0 heterocycles. The Bertz CT molecular complexity index is 531. The molecular formula is C25H38F2. The van der Waals surface area contributed by atoms with Crippen LogP contribution in [-0.2, 0) is 0 Å². The molecule has 2 aliphatic carbocycles. The predicted octanol–water partition coefficient (Wildman–Crippen LogP) is 8.41. The zero-order valence-electron chi connectivity index (χ0n) is 17.2. The second kappa shape index (κ2) is 10.6. The summed E-state index contributed by atoms with van der Waals surface area (Å²) in [5.41, 5.74) is 0.865. The van der Waals surface area contributed by atoms with Crippen LogP contribution < -0.4 is 0 Å². The Kier molecular flexibility index (Phi) is 8.15. The topological polar surface area (TPSA) is 0 Å². The highest BCUT2D eigenvalue weighted by Gasteiger charge is 2.24. The molecule has 0 radical (unpaired) electrons. The molecule has 2 saturated carbocycles. The third-order valence-electron chi connectivity index (χ3n) is 7.34. The number of hydrogen-bond acceptors (Lipinski definition) is 0. The number of hydrogen-bond donors (Lipinski definition) is 0. The van der Waals surface area contributed by atoms with Gasteiger partial charge < -0.3 is 0 Å². The molecule has 3 rings (SSSR count). The van der Waals surface area contributed by atoms with Gasteiger partial charge in [-0.25, -0.2) is 8.78 Å². The van der Waals surface area contributed by atoms with Crippen molar-refractivity contribution in [1.82, 2.24) is 0 Å². The second-order valence-electron chi connectivity index (χ2n) is 9.38. The Labute approximate surface area is 165 Å². The van der Waals surface area contributed by atoms with Gasteiger partial charge in [0.2, 0.25) is 0 Å². The van der Waals surface area contributed by atoms with Crippen LogP contribution in [0, 0.1) is 29.4 Å². The Balaban J connectivity index is 1.29. The molecule has 1 aromatic carbocycles. The Morgan fingerprint density at radius 3 is 1.59 bits per heavy atom. The fourth-order valence-corrected chi connectivity index (χ4v) is 5.68. The minimum absolute atomic E-state index is 0.352. The van der Waals surface area contributed by atoms with Gasteiger partial charge >= 0.3 is 0 Å². The summed E-state index contributed by atoms with van der Waals surface area (Å²) in [5, 5.41) is 0. The maximum atomic E-state index is 13.4. The van der Waals surface area contributed by atoms with Crippen LogP contribution in [0.15, 0.2) is 18.2 Å². The van der Waals surface area contributed by atoms with E-state index in [9.17, 15) is 8.78 Å². The van der Waals surface area contributed by atoms with E-state index in [4.69, 9.17) is 0 Å². The smallest absolute Gasteiger partial charge is 0.126 e. The summed E-state index contributed by atoms with van der Waals surface area (Å²) in [6, 6.07) is 4.04. The minimum atomic E-state index is -0.434. The molecule has 0 saturated heterocycles. The van der Waals surface area contributed by atoms with Crippen molar-refractivity contribution in [2.45, 2.75) is 103 Å². The van der Waals surface area contributed by atoms with Crippen molar-refractivity contribution in [1.29, 1.82) is 0 Å². The first-order valence-electron chi connectivity index (χ1n) is 11.6. The van der Waals surface area contributed by atoms with Gasteiger partial charge in [0.1, 0.15) is 11.6 Å². The summed E-state index contributed by atoms with van der Waals surface area (Å²) in [6.07, 6.45) is 18.9. The van der Waals surface area contributed by atoms with Crippen molar-refractivity contribution >= 4 is 0 Å². The maximum absolute atomic E-state index is 13.4. The molecule has 1 aromatic rings. The van der Waals surface area contributed by atoms with E-state index in [0.29, 0.717) is 5.92 Å². The molecule has 0 atom stereocenters. The molecule has 27 heavy (non-hydrogen) atoms. The molecule has 2 fully saturated rings. The van der Waals surface area contributed by atoms with Crippen molar-refractivity contribution in [3.63, 3.8) is 0 Å². The lowest BCUT2D eigenvalue weighted by molar-refractivity contribution is 0.243. The fraction of sp³-hybridized carbons (Fsp3) is 0.760. The second-order valence-corrected chi connectivity index (χ2v) is 9.38. The van der Waals surface area contributed by atoms with Crippen molar-refractivity contribution in [2.75, 3.05) is 0 Å². The molecule has 0 N–H and O–H groups in total. The average Bonchev–Trinajstić information content (AvgIpc) is 2.66. The van der Waals surface area contributed by atoms with Gasteiger partial charge in [0.05, 0.1) is 0 Å². The molecule has 0 nitrogen and oxygen atoms in total. The van der Waals surface area contributed by atoms with Crippen LogP contribution in [-0.4, -0.2) is 0 Å². The Morgan fingerprint density at radius 1 is 0.667 bits per heavy atom. The van der Waals surface area contributed by atoms with Crippen molar-refractivity contribution in [3.05, 3.63) is 35.4 Å². The van der Waals surface area contributed by atoms with Crippen LogP contribution in [0.25, 0.3) is 0 Å². The molecule has 0 amide bonds. The van der Waals surface area contributed by atoms with Gasteiger partial charge in [0, 0.05) is 6.07 Å². The molecule has 0 bridgehead atoms. The van der Waals surface area contributed by atoms with E-state index in [1.807, 2.05) is 0 Å². The molecular weight excluding hydrogens is 338 g/mol. The highest BCUT2D eigenvalue weighted by atomic mass is 19.1. The largest absolute Gasteiger partial charge is 0.207 e. The number of benzene rings is 1. The zero-order chi connectivity index (χ0) is 19.1. The molecule has 0 unspecified atom stereocenters. The first-order chi connectivity index (χ1) is 13.1. The summed E-state index contributed by atoms with van der Waals surface area (Å²) in [7, 11) is 0. The summed E-state index contributed by atoms with van der Waals surface area (Å²) >= 11 is 0. The molecule has 2 heteroatoms. The molecule has 0 spiro atoms. The Morgan fingerprint density at radius 2 is 1.11 bits per heavy atom. The first-order valence-corrected chi connectivity index (χ1v) is 11.6. The number of halogens is 2. The van der Waals surface area contributed by atoms with Gasteiger partial charge in [-0.05, 0) is 67.1 Å². The van der Waals surface area contributed by atoms with E-state index in [1.165, 1.54) is 89.2 Å². The highest BCUT2D eigenvalue weighted by molar-refractivity contribution is 5.22. The van der Waals surface area contributed by atoms with E-state index in [-0.39, 0.29) is 0 Å². The Hall–Kier alpha value is -0.920. The SMILES string of the molecule is CCC[C@H]1CC[C@H](CCCC[C@H]2CC[C@H](c3cc(F)cc(F)c3)CC2)CC1. The van der Waals surface area contributed by atoms with Crippen LogP contribution >= 0.6 is 0 Å². The van der Waals surface area contributed by atoms with E-state index >= 15 is 0 Å². The minimum Gasteiger partial charge on any atom is -0.207 e. The van der Waals surface area contributed by atoms with Crippen LogP contribution in [0.3, 0.4) is 0 Å². The molecule has 0 aromatic heterocycles. The van der Waals surface area contributed by atoms with E-state index in [1.54, 1.807) is 0 Å². The van der Waals surface area contributed by atoms with Crippen LogP contribution in [0.2, 0.25) is 0 Å². The van der Waals surface area contributed by atoms with Crippen LogP contribution in [0.5, 0.6) is 0 Å². The van der Waals surface area contributed by atoms with Gasteiger partial charge in [-0.15, -0.1) is 0 Å². The monoisotopic (exact) mass is 376 g/mol. The normalized spacial score (nSPS) is 29.0. The summed E-state index contributed by atoms with van der Waals surface area (Å²) < 4.78 is 26.9. The van der Waals surface area contributed by atoms with Gasteiger partial charge in [0.25, 0.3) is 0 Å². The van der Waals surface area contributed by atoms with Crippen LogP contribution in [0.4, 0.5) is 8.78 Å². The standard InChI is InChI=1S/C25H38F2/c1-2-5-19-8-10-20(11-9-19)6-3-4-7-21-12-14-22(15-13-21)23-16-24(26)18-25(27)17-23/h16-22H,2-15H2,1H3/t19-,20-,21-,22-. The first kappa shape index (κ1) is 20.8. The van der Waals surface area contributed by atoms with Gasteiger partial charge in [-0.2, -0.15) is 0 Å². The van der Waals surface area contributed by atoms with Gasteiger partial charge in [-0.3, -0.25) is 0 Å². The quantitative estimate of drug-likeness (QED) is 0.399. The zero-order valence-corrected chi connectivity index (χ0v) is 17.2. The lowest BCUT2D eigenvalue weighted by atomic mass is 9.76. The summed E-state index contributed by atoms with van der Waals surface area (Å²) in [5.74, 6) is 2.33.